The molecule has 1 amide bonds. The van der Waals surface area contributed by atoms with Gasteiger partial charge in [-0.2, -0.15) is 0 Å². The van der Waals surface area contributed by atoms with Crippen molar-refractivity contribution in [2.75, 3.05) is 6.54 Å². The summed E-state index contributed by atoms with van der Waals surface area (Å²) < 4.78 is 0. The first kappa shape index (κ1) is 13.4. The molecular weight excluding hydrogens is 246 g/mol. The Morgan fingerprint density at radius 1 is 1.28 bits per heavy atom. The van der Waals surface area contributed by atoms with Gasteiger partial charge in [0.05, 0.1) is 0 Å². The van der Waals surface area contributed by atoms with Crippen LogP contribution >= 0.6 is 11.6 Å². The minimum absolute atomic E-state index is 0.150. The van der Waals surface area contributed by atoms with E-state index >= 15 is 0 Å². The number of carbonyl (C=O) groups is 1. The number of amides is 1. The van der Waals surface area contributed by atoms with Gasteiger partial charge in [0.25, 0.3) is 0 Å². The Hall–Kier alpha value is -1.02. The molecule has 0 spiro atoms. The number of rotatable bonds is 5. The van der Waals surface area contributed by atoms with Crippen molar-refractivity contribution in [1.29, 1.82) is 0 Å². The molecule has 3 heteroatoms. The van der Waals surface area contributed by atoms with Gasteiger partial charge in [-0.1, -0.05) is 30.3 Å². The summed E-state index contributed by atoms with van der Waals surface area (Å²) in [6, 6.07) is 10.1. The van der Waals surface area contributed by atoms with Crippen LogP contribution in [0.15, 0.2) is 30.3 Å². The third-order valence-electron chi connectivity index (χ3n) is 3.55. The molecule has 1 N–H and O–H groups in total. The van der Waals surface area contributed by atoms with Gasteiger partial charge < -0.3 is 5.32 Å². The Morgan fingerprint density at radius 3 is 2.72 bits per heavy atom. The lowest BCUT2D eigenvalue weighted by Gasteiger charge is -2.10. The molecule has 2 nitrogen and oxygen atoms in total. The molecule has 1 aromatic carbocycles. The molecule has 0 radical (unpaired) electrons. The number of hydrogen-bond acceptors (Lipinski definition) is 1. The van der Waals surface area contributed by atoms with Crippen molar-refractivity contribution in [1.82, 2.24) is 5.32 Å². The highest BCUT2D eigenvalue weighted by molar-refractivity contribution is 6.20. The molecule has 0 aromatic heterocycles. The molecule has 1 aromatic rings. The summed E-state index contributed by atoms with van der Waals surface area (Å²) in [5.74, 6) is 0.727. The van der Waals surface area contributed by atoms with Gasteiger partial charge in [0.15, 0.2) is 0 Å². The second-order valence-corrected chi connectivity index (χ2v) is 5.68. The van der Waals surface area contributed by atoms with Crippen LogP contribution < -0.4 is 5.32 Å². The van der Waals surface area contributed by atoms with E-state index in [0.717, 1.165) is 32.2 Å². The highest BCUT2D eigenvalue weighted by Gasteiger charge is 2.22. The molecule has 98 valence electrons. The fraction of sp³-hybridized carbons (Fsp3) is 0.533. The van der Waals surface area contributed by atoms with Crippen LogP contribution in [0.3, 0.4) is 0 Å². The summed E-state index contributed by atoms with van der Waals surface area (Å²) in [5, 5.41) is 3.33. The molecule has 1 saturated carbocycles. The monoisotopic (exact) mass is 265 g/mol. The summed E-state index contributed by atoms with van der Waals surface area (Å²) >= 11 is 6.05. The van der Waals surface area contributed by atoms with Crippen LogP contribution in [0.4, 0.5) is 0 Å². The Morgan fingerprint density at radius 2 is 2.06 bits per heavy atom. The molecule has 2 unspecified atom stereocenters. The average molecular weight is 266 g/mol. The number of nitrogens with one attached hydrogen (secondary N) is 1. The minimum Gasteiger partial charge on any atom is -0.356 e. The van der Waals surface area contributed by atoms with Crippen molar-refractivity contribution in [3.63, 3.8) is 0 Å². The van der Waals surface area contributed by atoms with Gasteiger partial charge in [0, 0.05) is 18.3 Å². The SMILES string of the molecule is O=C(CCc1ccccc1)NCC1CCC(Cl)C1. The van der Waals surface area contributed by atoms with Crippen LogP contribution in [0.2, 0.25) is 0 Å². The van der Waals surface area contributed by atoms with Crippen LogP contribution in [0.5, 0.6) is 0 Å². The maximum absolute atomic E-state index is 11.7. The number of aryl methyl sites for hydroxylation is 1. The normalized spacial score (nSPS) is 22.9. The first-order valence-electron chi connectivity index (χ1n) is 6.68. The lowest BCUT2D eigenvalue weighted by Crippen LogP contribution is -2.28. The van der Waals surface area contributed by atoms with E-state index in [-0.39, 0.29) is 5.91 Å². The van der Waals surface area contributed by atoms with E-state index in [1.54, 1.807) is 0 Å². The van der Waals surface area contributed by atoms with Crippen LogP contribution in [0, 0.1) is 5.92 Å². The second kappa shape index (κ2) is 6.79. The Bertz CT molecular complexity index is 379. The Labute approximate surface area is 114 Å². The third kappa shape index (κ3) is 4.34. The van der Waals surface area contributed by atoms with Gasteiger partial charge in [-0.25, -0.2) is 0 Å². The Kier molecular flexibility index (Phi) is 5.06. The van der Waals surface area contributed by atoms with Gasteiger partial charge in [-0.05, 0) is 37.2 Å². The van der Waals surface area contributed by atoms with Crippen molar-refractivity contribution in [2.45, 2.75) is 37.5 Å². The first-order chi connectivity index (χ1) is 8.74. The highest BCUT2D eigenvalue weighted by Crippen LogP contribution is 2.28. The zero-order chi connectivity index (χ0) is 12.8. The van der Waals surface area contributed by atoms with Crippen molar-refractivity contribution < 1.29 is 4.79 Å². The average Bonchev–Trinajstić information content (AvgIpc) is 2.81. The molecular formula is C15H20ClNO. The predicted octanol–water partition coefficient (Wildman–Crippen LogP) is 3.14. The van der Waals surface area contributed by atoms with E-state index in [0.29, 0.717) is 17.7 Å². The van der Waals surface area contributed by atoms with Crippen LogP contribution in [0.25, 0.3) is 0 Å². The maximum atomic E-state index is 11.7. The Balaban J connectivity index is 1.63. The number of halogens is 1. The lowest BCUT2D eigenvalue weighted by atomic mass is 10.1. The van der Waals surface area contributed by atoms with Crippen LogP contribution in [0.1, 0.15) is 31.2 Å². The predicted molar refractivity (Wildman–Crippen MR) is 74.8 cm³/mol. The minimum atomic E-state index is 0.150. The van der Waals surface area contributed by atoms with E-state index in [1.165, 1.54) is 5.56 Å². The summed E-state index contributed by atoms with van der Waals surface area (Å²) in [7, 11) is 0. The lowest BCUT2D eigenvalue weighted by molar-refractivity contribution is -0.121. The molecule has 0 bridgehead atoms. The quantitative estimate of drug-likeness (QED) is 0.815. The fourth-order valence-corrected chi connectivity index (χ4v) is 2.83. The van der Waals surface area contributed by atoms with Crippen molar-refractivity contribution >= 4 is 17.5 Å². The third-order valence-corrected chi connectivity index (χ3v) is 3.95. The molecule has 1 fully saturated rings. The number of benzene rings is 1. The molecule has 2 rings (SSSR count). The van der Waals surface area contributed by atoms with E-state index in [4.69, 9.17) is 11.6 Å². The molecule has 0 heterocycles. The van der Waals surface area contributed by atoms with Gasteiger partial charge in [0.1, 0.15) is 0 Å². The summed E-state index contributed by atoms with van der Waals surface area (Å²) in [4.78, 5) is 11.7. The number of carbonyl (C=O) groups excluding carboxylic acids is 1. The van der Waals surface area contributed by atoms with E-state index in [9.17, 15) is 4.79 Å². The first-order valence-corrected chi connectivity index (χ1v) is 7.12. The fourth-order valence-electron chi connectivity index (χ4n) is 2.45. The zero-order valence-electron chi connectivity index (χ0n) is 10.6. The summed E-state index contributed by atoms with van der Waals surface area (Å²) in [5.41, 5.74) is 1.22. The highest BCUT2D eigenvalue weighted by atomic mass is 35.5. The van der Waals surface area contributed by atoms with Gasteiger partial charge in [0.2, 0.25) is 5.91 Å². The van der Waals surface area contributed by atoms with E-state index in [1.807, 2.05) is 18.2 Å². The van der Waals surface area contributed by atoms with Gasteiger partial charge >= 0.3 is 0 Å². The maximum Gasteiger partial charge on any atom is 0.220 e. The van der Waals surface area contributed by atoms with E-state index < -0.39 is 0 Å². The van der Waals surface area contributed by atoms with Crippen molar-refractivity contribution in [2.24, 2.45) is 5.92 Å². The molecule has 2 atom stereocenters. The van der Waals surface area contributed by atoms with E-state index in [2.05, 4.69) is 17.4 Å². The molecule has 18 heavy (non-hydrogen) atoms. The topological polar surface area (TPSA) is 29.1 Å². The molecule has 0 aliphatic heterocycles. The molecule has 0 saturated heterocycles. The van der Waals surface area contributed by atoms with Crippen molar-refractivity contribution in [3.8, 4) is 0 Å². The van der Waals surface area contributed by atoms with Gasteiger partial charge in [-0.15, -0.1) is 11.6 Å². The second-order valence-electron chi connectivity index (χ2n) is 5.07. The number of hydrogen-bond donors (Lipinski definition) is 1. The largest absolute Gasteiger partial charge is 0.356 e. The summed E-state index contributed by atoms with van der Waals surface area (Å²) in [6.07, 6.45) is 4.66. The summed E-state index contributed by atoms with van der Waals surface area (Å²) in [6.45, 7) is 0.789. The smallest absolute Gasteiger partial charge is 0.220 e. The molecule has 1 aliphatic rings. The number of alkyl halides is 1. The van der Waals surface area contributed by atoms with Crippen LogP contribution in [-0.4, -0.2) is 17.8 Å². The van der Waals surface area contributed by atoms with Gasteiger partial charge in [-0.3, -0.25) is 4.79 Å². The zero-order valence-corrected chi connectivity index (χ0v) is 11.3. The molecule has 1 aliphatic carbocycles. The van der Waals surface area contributed by atoms with Crippen LogP contribution in [-0.2, 0) is 11.2 Å². The van der Waals surface area contributed by atoms with Crippen molar-refractivity contribution in [3.05, 3.63) is 35.9 Å². The standard InChI is InChI=1S/C15H20ClNO/c16-14-8-6-13(10-14)11-17-15(18)9-7-12-4-2-1-3-5-12/h1-5,13-14H,6-11H2,(H,17,18).